The maximum absolute atomic E-state index is 13.4. The van der Waals surface area contributed by atoms with E-state index in [1.165, 1.54) is 6.08 Å². The normalized spacial score (nSPS) is 17.4. The van der Waals surface area contributed by atoms with Crippen molar-refractivity contribution in [3.8, 4) is 5.75 Å². The van der Waals surface area contributed by atoms with Crippen LogP contribution < -0.4 is 15.0 Å². The molecule has 2 aliphatic heterocycles. The highest BCUT2D eigenvalue weighted by molar-refractivity contribution is 6.39. The van der Waals surface area contributed by atoms with Crippen molar-refractivity contribution in [2.24, 2.45) is 0 Å². The Morgan fingerprint density at radius 1 is 1.05 bits per heavy atom. The second-order valence-electron chi connectivity index (χ2n) is 8.61. The molecule has 0 saturated carbocycles. The fourth-order valence-corrected chi connectivity index (χ4v) is 4.49. The summed E-state index contributed by atoms with van der Waals surface area (Å²) in [4.78, 5) is 54.2. The Kier molecular flexibility index (Phi) is 6.74. The number of para-hydroxylation sites is 1. The Labute approximate surface area is 213 Å². The summed E-state index contributed by atoms with van der Waals surface area (Å²) < 4.78 is 12.6. The van der Waals surface area contributed by atoms with E-state index in [2.05, 4.69) is 5.32 Å². The number of urea groups is 1. The van der Waals surface area contributed by atoms with Crippen LogP contribution in [-0.2, 0) is 25.7 Å². The number of benzene rings is 2. The standard InChI is InChI=1S/C27H26N4O6/c1-2-37-20-9-7-19(8-10-20)31-26(34)22(25(33)28-27(31)35)15-18-16-30(23-6-4-3-5-21(18)23)17-24(32)29-11-13-36-14-12-29/h3-10,15-16H,2,11-14,17H2,1H3,(H,28,33,35)/b22-15+. The monoisotopic (exact) mass is 502 g/mol. The van der Waals surface area contributed by atoms with Gasteiger partial charge in [0, 0.05) is 35.8 Å². The molecule has 3 heterocycles. The molecular formula is C27H26N4O6. The second-order valence-corrected chi connectivity index (χ2v) is 8.61. The molecule has 0 bridgehead atoms. The average molecular weight is 503 g/mol. The fraction of sp³-hybridized carbons (Fsp3) is 0.259. The molecule has 2 aromatic carbocycles. The molecule has 2 aliphatic rings. The van der Waals surface area contributed by atoms with Gasteiger partial charge in [0.15, 0.2) is 0 Å². The number of aromatic nitrogens is 1. The SMILES string of the molecule is CCOc1ccc(N2C(=O)NC(=O)/C(=C\c3cn(CC(=O)N4CCOCC4)c4ccccc34)C2=O)cc1. The number of fused-ring (bicyclic) bond motifs is 1. The highest BCUT2D eigenvalue weighted by Gasteiger charge is 2.37. The number of carbonyl (C=O) groups is 4. The number of imide groups is 2. The lowest BCUT2D eigenvalue weighted by Crippen LogP contribution is -2.54. The first-order chi connectivity index (χ1) is 18.0. The molecule has 0 atom stereocenters. The van der Waals surface area contributed by atoms with Gasteiger partial charge in [-0.25, -0.2) is 9.69 Å². The van der Waals surface area contributed by atoms with Gasteiger partial charge in [-0.2, -0.15) is 0 Å². The molecule has 0 spiro atoms. The van der Waals surface area contributed by atoms with Gasteiger partial charge in [0.05, 0.1) is 25.5 Å². The molecule has 1 aromatic heterocycles. The van der Waals surface area contributed by atoms with Crippen molar-refractivity contribution in [1.29, 1.82) is 0 Å². The summed E-state index contributed by atoms with van der Waals surface area (Å²) in [6.07, 6.45) is 3.21. The number of hydrogen-bond donors (Lipinski definition) is 1. The third kappa shape index (κ3) is 4.83. The van der Waals surface area contributed by atoms with E-state index in [1.807, 2.05) is 31.2 Å². The quantitative estimate of drug-likeness (QED) is 0.410. The van der Waals surface area contributed by atoms with Gasteiger partial charge >= 0.3 is 6.03 Å². The van der Waals surface area contributed by atoms with Gasteiger partial charge in [-0.1, -0.05) is 18.2 Å². The van der Waals surface area contributed by atoms with Crippen LogP contribution in [0.1, 0.15) is 12.5 Å². The van der Waals surface area contributed by atoms with Gasteiger partial charge in [-0.05, 0) is 43.3 Å². The van der Waals surface area contributed by atoms with E-state index < -0.39 is 17.8 Å². The first-order valence-electron chi connectivity index (χ1n) is 12.0. The largest absolute Gasteiger partial charge is 0.494 e. The summed E-state index contributed by atoms with van der Waals surface area (Å²) in [5, 5.41) is 3.02. The number of nitrogens with zero attached hydrogens (tertiary/aromatic N) is 3. The zero-order chi connectivity index (χ0) is 25.9. The molecular weight excluding hydrogens is 476 g/mol. The maximum atomic E-state index is 13.4. The van der Waals surface area contributed by atoms with Gasteiger partial charge in [-0.15, -0.1) is 0 Å². The van der Waals surface area contributed by atoms with Crippen molar-refractivity contribution >= 4 is 46.4 Å². The number of carbonyl (C=O) groups excluding carboxylic acids is 4. The number of anilines is 1. The molecule has 5 rings (SSSR count). The van der Waals surface area contributed by atoms with Crippen molar-refractivity contribution in [1.82, 2.24) is 14.8 Å². The first-order valence-corrected chi connectivity index (χ1v) is 12.0. The molecule has 0 radical (unpaired) electrons. The molecule has 3 aromatic rings. The molecule has 1 N–H and O–H groups in total. The number of ether oxygens (including phenoxy) is 2. The van der Waals surface area contributed by atoms with Crippen LogP contribution in [0.25, 0.3) is 17.0 Å². The van der Waals surface area contributed by atoms with Crippen LogP contribution in [0.15, 0.2) is 60.3 Å². The number of amides is 5. The molecule has 2 fully saturated rings. The fourth-order valence-electron chi connectivity index (χ4n) is 4.49. The van der Waals surface area contributed by atoms with Gasteiger partial charge in [0.25, 0.3) is 11.8 Å². The Bertz CT molecular complexity index is 1400. The molecule has 2 saturated heterocycles. The number of morpholine rings is 1. The summed E-state index contributed by atoms with van der Waals surface area (Å²) in [7, 11) is 0. The van der Waals surface area contributed by atoms with E-state index in [4.69, 9.17) is 9.47 Å². The molecule has 37 heavy (non-hydrogen) atoms. The zero-order valence-electron chi connectivity index (χ0n) is 20.3. The highest BCUT2D eigenvalue weighted by atomic mass is 16.5. The Hall–Kier alpha value is -4.44. The highest BCUT2D eigenvalue weighted by Crippen LogP contribution is 2.27. The Morgan fingerprint density at radius 3 is 2.51 bits per heavy atom. The minimum absolute atomic E-state index is 0.0398. The average Bonchev–Trinajstić information content (AvgIpc) is 3.25. The summed E-state index contributed by atoms with van der Waals surface area (Å²) in [6, 6.07) is 13.1. The van der Waals surface area contributed by atoms with E-state index in [0.717, 1.165) is 15.8 Å². The summed E-state index contributed by atoms with van der Waals surface area (Å²) >= 11 is 0. The van der Waals surface area contributed by atoms with Crippen molar-refractivity contribution in [2.45, 2.75) is 13.5 Å². The number of hydrogen-bond acceptors (Lipinski definition) is 6. The Balaban J connectivity index is 1.47. The molecule has 0 unspecified atom stereocenters. The molecule has 10 nitrogen and oxygen atoms in total. The second kappa shape index (κ2) is 10.3. The summed E-state index contributed by atoms with van der Waals surface area (Å²) in [5.74, 6) is -0.957. The van der Waals surface area contributed by atoms with E-state index in [1.54, 1.807) is 39.9 Å². The lowest BCUT2D eigenvalue weighted by atomic mass is 10.1. The minimum Gasteiger partial charge on any atom is -0.494 e. The summed E-state index contributed by atoms with van der Waals surface area (Å²) in [5.41, 5.74) is 1.50. The van der Waals surface area contributed by atoms with Gasteiger partial charge in [-0.3, -0.25) is 19.7 Å². The zero-order valence-corrected chi connectivity index (χ0v) is 20.3. The van der Waals surface area contributed by atoms with Crippen molar-refractivity contribution in [3.05, 3.63) is 65.9 Å². The first kappa shape index (κ1) is 24.3. The number of rotatable bonds is 6. The molecule has 5 amide bonds. The van der Waals surface area contributed by atoms with E-state index in [9.17, 15) is 19.2 Å². The van der Waals surface area contributed by atoms with Crippen LogP contribution in [0.2, 0.25) is 0 Å². The van der Waals surface area contributed by atoms with Crippen LogP contribution >= 0.6 is 0 Å². The third-order valence-corrected chi connectivity index (χ3v) is 6.30. The Morgan fingerprint density at radius 2 is 1.78 bits per heavy atom. The maximum Gasteiger partial charge on any atom is 0.335 e. The van der Waals surface area contributed by atoms with Gasteiger partial charge in [0.2, 0.25) is 5.91 Å². The van der Waals surface area contributed by atoms with Crippen LogP contribution in [0.3, 0.4) is 0 Å². The van der Waals surface area contributed by atoms with Gasteiger partial charge in [0.1, 0.15) is 17.9 Å². The van der Waals surface area contributed by atoms with Crippen molar-refractivity contribution in [2.75, 3.05) is 37.8 Å². The van der Waals surface area contributed by atoms with Crippen LogP contribution in [0.5, 0.6) is 5.75 Å². The van der Waals surface area contributed by atoms with Crippen LogP contribution in [0, 0.1) is 0 Å². The molecule has 10 heteroatoms. The van der Waals surface area contributed by atoms with Crippen molar-refractivity contribution in [3.63, 3.8) is 0 Å². The van der Waals surface area contributed by atoms with Crippen molar-refractivity contribution < 1.29 is 28.7 Å². The van der Waals surface area contributed by atoms with E-state index >= 15 is 0 Å². The summed E-state index contributed by atoms with van der Waals surface area (Å²) in [6.45, 7) is 4.55. The topological polar surface area (TPSA) is 110 Å². The lowest BCUT2D eigenvalue weighted by Gasteiger charge is -2.27. The number of nitrogens with one attached hydrogen (secondary N) is 1. The predicted molar refractivity (Wildman–Crippen MR) is 136 cm³/mol. The number of barbiturate groups is 1. The molecule has 0 aliphatic carbocycles. The third-order valence-electron chi connectivity index (χ3n) is 6.30. The minimum atomic E-state index is -0.824. The molecule has 190 valence electrons. The van der Waals surface area contributed by atoms with Crippen LogP contribution in [0.4, 0.5) is 10.5 Å². The van der Waals surface area contributed by atoms with Crippen LogP contribution in [-0.4, -0.2) is 66.1 Å². The van der Waals surface area contributed by atoms with Gasteiger partial charge < -0.3 is 18.9 Å². The van der Waals surface area contributed by atoms with E-state index in [0.29, 0.717) is 49.9 Å². The predicted octanol–water partition coefficient (Wildman–Crippen LogP) is 2.57. The smallest absolute Gasteiger partial charge is 0.335 e. The van der Waals surface area contributed by atoms with E-state index in [-0.39, 0.29) is 18.0 Å². The lowest BCUT2D eigenvalue weighted by molar-refractivity contribution is -0.135.